The molecule has 112 valence electrons. The number of benzene rings is 1. The summed E-state index contributed by atoms with van der Waals surface area (Å²) >= 11 is 0. The molecule has 0 aliphatic carbocycles. The Kier molecular flexibility index (Phi) is 4.32. The van der Waals surface area contributed by atoms with Crippen LogP contribution in [0.5, 0.6) is 0 Å². The van der Waals surface area contributed by atoms with Crippen LogP contribution in [0.15, 0.2) is 52.8 Å². The zero-order chi connectivity index (χ0) is 16.2. The van der Waals surface area contributed by atoms with E-state index >= 15 is 0 Å². The van der Waals surface area contributed by atoms with Gasteiger partial charge < -0.3 is 9.73 Å². The van der Waals surface area contributed by atoms with E-state index in [1.54, 1.807) is 6.07 Å². The predicted molar refractivity (Wildman–Crippen MR) is 72.4 cm³/mol. The van der Waals surface area contributed by atoms with Crippen LogP contribution in [0.1, 0.15) is 11.1 Å². The Balaban J connectivity index is 2.20. The number of furan rings is 1. The van der Waals surface area contributed by atoms with Gasteiger partial charge in [-0.15, -0.1) is 0 Å². The first-order chi connectivity index (χ1) is 10.4. The standard InChI is InChI=1S/C15H9F3N2O2/c16-15(17,18)12-2-1-3-13(7-12)20-14(21)11(8-19)6-10-4-5-22-9-10/h1-7,9H,(H,20,21)/b11-6-. The van der Waals surface area contributed by atoms with Crippen LogP contribution in [-0.4, -0.2) is 5.91 Å². The van der Waals surface area contributed by atoms with Crippen LogP contribution in [0.25, 0.3) is 6.08 Å². The lowest BCUT2D eigenvalue weighted by molar-refractivity contribution is -0.137. The number of carbonyl (C=O) groups excluding carboxylic acids is 1. The largest absolute Gasteiger partial charge is 0.472 e. The monoisotopic (exact) mass is 306 g/mol. The molecule has 1 aromatic heterocycles. The molecule has 4 nitrogen and oxygen atoms in total. The number of hydrogen-bond donors (Lipinski definition) is 1. The number of hydrogen-bond acceptors (Lipinski definition) is 3. The predicted octanol–water partition coefficient (Wildman–Crippen LogP) is 3.84. The molecule has 22 heavy (non-hydrogen) atoms. The highest BCUT2D eigenvalue weighted by atomic mass is 19.4. The average molecular weight is 306 g/mol. The molecule has 0 spiro atoms. The lowest BCUT2D eigenvalue weighted by Crippen LogP contribution is -2.14. The second kappa shape index (κ2) is 6.18. The average Bonchev–Trinajstić information content (AvgIpc) is 2.97. The molecule has 0 fully saturated rings. The number of nitriles is 1. The zero-order valence-electron chi connectivity index (χ0n) is 11.0. The van der Waals surface area contributed by atoms with Gasteiger partial charge in [-0.05, 0) is 30.3 Å². The first kappa shape index (κ1) is 15.4. The van der Waals surface area contributed by atoms with E-state index < -0.39 is 17.6 Å². The van der Waals surface area contributed by atoms with E-state index in [1.165, 1.54) is 36.8 Å². The fourth-order valence-electron chi connectivity index (χ4n) is 1.64. The molecule has 0 saturated carbocycles. The Morgan fingerprint density at radius 2 is 2.09 bits per heavy atom. The van der Waals surface area contributed by atoms with E-state index in [0.717, 1.165) is 12.1 Å². The second-order valence-electron chi connectivity index (χ2n) is 4.26. The number of halogens is 3. The highest BCUT2D eigenvalue weighted by Gasteiger charge is 2.30. The summed E-state index contributed by atoms with van der Waals surface area (Å²) < 4.78 is 42.6. The molecule has 7 heteroatoms. The lowest BCUT2D eigenvalue weighted by atomic mass is 10.1. The van der Waals surface area contributed by atoms with Gasteiger partial charge in [-0.25, -0.2) is 0 Å². The summed E-state index contributed by atoms with van der Waals surface area (Å²) in [5.74, 6) is -0.803. The highest BCUT2D eigenvalue weighted by molar-refractivity contribution is 6.09. The van der Waals surface area contributed by atoms with Gasteiger partial charge in [0.15, 0.2) is 0 Å². The van der Waals surface area contributed by atoms with Crippen molar-refractivity contribution in [3.63, 3.8) is 0 Å². The molecule has 0 unspecified atom stereocenters. The minimum absolute atomic E-state index is 0.0480. The molecule has 2 rings (SSSR count). The SMILES string of the molecule is N#C/C(=C/c1ccoc1)C(=O)Nc1cccc(C(F)(F)F)c1. The Morgan fingerprint density at radius 3 is 2.68 bits per heavy atom. The van der Waals surface area contributed by atoms with Gasteiger partial charge in [0.2, 0.25) is 0 Å². The molecule has 0 saturated heterocycles. The van der Waals surface area contributed by atoms with Crippen molar-refractivity contribution < 1.29 is 22.4 Å². The molecule has 2 aromatic rings. The quantitative estimate of drug-likeness (QED) is 0.692. The van der Waals surface area contributed by atoms with Crippen molar-refractivity contribution in [3.8, 4) is 6.07 Å². The van der Waals surface area contributed by atoms with Crippen LogP contribution in [0.3, 0.4) is 0 Å². The number of nitrogens with one attached hydrogen (secondary N) is 1. The van der Waals surface area contributed by atoms with Crippen molar-refractivity contribution >= 4 is 17.7 Å². The van der Waals surface area contributed by atoms with Gasteiger partial charge in [-0.3, -0.25) is 4.79 Å². The van der Waals surface area contributed by atoms with Crippen molar-refractivity contribution in [1.82, 2.24) is 0 Å². The highest BCUT2D eigenvalue weighted by Crippen LogP contribution is 2.30. The zero-order valence-corrected chi connectivity index (χ0v) is 11.0. The summed E-state index contributed by atoms with van der Waals surface area (Å²) in [6.07, 6.45) is -0.543. The molecule has 1 aromatic carbocycles. The van der Waals surface area contributed by atoms with E-state index in [9.17, 15) is 18.0 Å². The molecule has 0 aliphatic rings. The third kappa shape index (κ3) is 3.76. The molecule has 0 atom stereocenters. The van der Waals surface area contributed by atoms with Crippen LogP contribution >= 0.6 is 0 Å². The minimum atomic E-state index is -4.51. The maximum atomic E-state index is 12.6. The third-order valence-electron chi connectivity index (χ3n) is 2.67. The van der Waals surface area contributed by atoms with Gasteiger partial charge in [0, 0.05) is 11.3 Å². The van der Waals surface area contributed by atoms with Crippen LogP contribution in [0.4, 0.5) is 18.9 Å². The van der Waals surface area contributed by atoms with Crippen LogP contribution in [-0.2, 0) is 11.0 Å². The fraction of sp³-hybridized carbons (Fsp3) is 0.0667. The first-order valence-electron chi connectivity index (χ1n) is 6.03. The smallest absolute Gasteiger partial charge is 0.416 e. The molecule has 0 radical (unpaired) electrons. The molecule has 1 amide bonds. The summed E-state index contributed by atoms with van der Waals surface area (Å²) in [6.45, 7) is 0. The summed E-state index contributed by atoms with van der Waals surface area (Å²) in [5, 5.41) is 11.2. The van der Waals surface area contributed by atoms with Crippen molar-refractivity contribution in [3.05, 3.63) is 59.6 Å². The fourth-order valence-corrected chi connectivity index (χ4v) is 1.64. The van der Waals surface area contributed by atoms with Crippen molar-refractivity contribution in [2.75, 3.05) is 5.32 Å². The Hall–Kier alpha value is -3.01. The molecular weight excluding hydrogens is 297 g/mol. The number of carbonyl (C=O) groups is 1. The summed E-state index contributed by atoms with van der Waals surface area (Å²) in [7, 11) is 0. The first-order valence-corrected chi connectivity index (χ1v) is 6.03. The molecular formula is C15H9F3N2O2. The topological polar surface area (TPSA) is 66.0 Å². The number of anilines is 1. The number of amides is 1. The van der Waals surface area contributed by atoms with E-state index in [1.807, 2.05) is 0 Å². The van der Waals surface area contributed by atoms with Crippen LogP contribution < -0.4 is 5.32 Å². The Morgan fingerprint density at radius 1 is 1.32 bits per heavy atom. The van der Waals surface area contributed by atoms with E-state index in [2.05, 4.69) is 5.32 Å². The van der Waals surface area contributed by atoms with Gasteiger partial charge in [0.25, 0.3) is 5.91 Å². The summed E-state index contributed by atoms with van der Waals surface area (Å²) in [4.78, 5) is 11.9. The number of rotatable bonds is 3. The van der Waals surface area contributed by atoms with Gasteiger partial charge in [0.05, 0.1) is 18.1 Å². The van der Waals surface area contributed by atoms with Gasteiger partial charge in [-0.2, -0.15) is 18.4 Å². The van der Waals surface area contributed by atoms with Crippen LogP contribution in [0, 0.1) is 11.3 Å². The molecule has 1 N–H and O–H groups in total. The Labute approximate surface area is 123 Å². The molecule has 0 aliphatic heterocycles. The van der Waals surface area contributed by atoms with Crippen molar-refractivity contribution in [2.45, 2.75) is 6.18 Å². The van der Waals surface area contributed by atoms with Crippen LogP contribution in [0.2, 0.25) is 0 Å². The number of alkyl halides is 3. The summed E-state index contributed by atoms with van der Waals surface area (Å²) in [5.41, 5.74) is -0.689. The minimum Gasteiger partial charge on any atom is -0.472 e. The lowest BCUT2D eigenvalue weighted by Gasteiger charge is -2.09. The van der Waals surface area contributed by atoms with E-state index in [0.29, 0.717) is 5.56 Å². The Bertz CT molecular complexity index is 741. The van der Waals surface area contributed by atoms with Gasteiger partial charge >= 0.3 is 6.18 Å². The maximum Gasteiger partial charge on any atom is 0.416 e. The third-order valence-corrected chi connectivity index (χ3v) is 2.67. The normalized spacial score (nSPS) is 11.8. The summed E-state index contributed by atoms with van der Waals surface area (Å²) in [6, 6.07) is 7.39. The molecule has 0 bridgehead atoms. The van der Waals surface area contributed by atoms with Gasteiger partial charge in [0.1, 0.15) is 11.6 Å². The molecule has 1 heterocycles. The number of nitrogens with zero attached hydrogens (tertiary/aromatic N) is 1. The van der Waals surface area contributed by atoms with E-state index in [-0.39, 0.29) is 11.3 Å². The van der Waals surface area contributed by atoms with Crippen molar-refractivity contribution in [1.29, 1.82) is 5.26 Å². The second-order valence-corrected chi connectivity index (χ2v) is 4.26. The van der Waals surface area contributed by atoms with Gasteiger partial charge in [-0.1, -0.05) is 6.07 Å². The van der Waals surface area contributed by atoms with Crippen molar-refractivity contribution in [2.24, 2.45) is 0 Å². The maximum absolute atomic E-state index is 12.6. The van der Waals surface area contributed by atoms with E-state index in [4.69, 9.17) is 9.68 Å².